The van der Waals surface area contributed by atoms with Gasteiger partial charge in [0.05, 0.1) is 12.8 Å². The summed E-state index contributed by atoms with van der Waals surface area (Å²) in [6.45, 7) is 9.02. The van der Waals surface area contributed by atoms with Crippen LogP contribution in [0.1, 0.15) is 39.2 Å². The van der Waals surface area contributed by atoms with Gasteiger partial charge in [-0.05, 0) is 24.3 Å². The second-order valence-corrected chi connectivity index (χ2v) is 5.80. The summed E-state index contributed by atoms with van der Waals surface area (Å²) in [5.41, 5.74) is 2.68. The summed E-state index contributed by atoms with van der Waals surface area (Å²) in [4.78, 5) is 2.44. The lowest BCUT2D eigenvalue weighted by Crippen LogP contribution is -2.21. The standard InChI is InChI=1S/C15H23NO/c1-15(2,3)12-8-7-9-13(14(12)17-4)16-10-5-6-11-16/h7-9H,5-6,10-11H2,1-4H3. The molecule has 0 N–H and O–H groups in total. The largest absolute Gasteiger partial charge is 0.494 e. The van der Waals surface area contributed by atoms with Crippen molar-refractivity contribution in [1.82, 2.24) is 0 Å². The maximum Gasteiger partial charge on any atom is 0.145 e. The Hall–Kier alpha value is -1.18. The Labute approximate surface area is 105 Å². The summed E-state index contributed by atoms with van der Waals surface area (Å²) in [7, 11) is 1.78. The molecule has 1 fully saturated rings. The molecule has 1 aromatic carbocycles. The highest BCUT2D eigenvalue weighted by Gasteiger charge is 2.24. The number of hydrogen-bond acceptors (Lipinski definition) is 2. The molecule has 2 rings (SSSR count). The van der Waals surface area contributed by atoms with E-state index in [9.17, 15) is 0 Å². The summed E-state index contributed by atoms with van der Waals surface area (Å²) >= 11 is 0. The van der Waals surface area contributed by atoms with Gasteiger partial charge < -0.3 is 9.64 Å². The molecule has 0 unspecified atom stereocenters. The second-order valence-electron chi connectivity index (χ2n) is 5.80. The predicted octanol–water partition coefficient (Wildman–Crippen LogP) is 3.59. The monoisotopic (exact) mass is 233 g/mol. The Balaban J connectivity index is 2.45. The first-order chi connectivity index (χ1) is 8.04. The molecule has 0 amide bonds. The molecule has 1 aliphatic rings. The maximum atomic E-state index is 5.67. The van der Waals surface area contributed by atoms with Gasteiger partial charge in [0.25, 0.3) is 0 Å². The fraction of sp³-hybridized carbons (Fsp3) is 0.600. The number of rotatable bonds is 2. The Kier molecular flexibility index (Phi) is 3.32. The van der Waals surface area contributed by atoms with Crippen LogP contribution in [0.25, 0.3) is 0 Å². The van der Waals surface area contributed by atoms with Gasteiger partial charge in [0, 0.05) is 18.7 Å². The molecule has 0 atom stereocenters. The molecule has 94 valence electrons. The van der Waals surface area contributed by atoms with Crippen molar-refractivity contribution in [3.8, 4) is 5.75 Å². The molecule has 1 aromatic rings. The van der Waals surface area contributed by atoms with Crippen molar-refractivity contribution < 1.29 is 4.74 Å². The number of nitrogens with zero attached hydrogens (tertiary/aromatic N) is 1. The highest BCUT2D eigenvalue weighted by Crippen LogP contribution is 2.39. The average Bonchev–Trinajstić information content (AvgIpc) is 2.80. The zero-order valence-electron chi connectivity index (χ0n) is 11.4. The van der Waals surface area contributed by atoms with Crippen LogP contribution in [0, 0.1) is 0 Å². The first-order valence-electron chi connectivity index (χ1n) is 6.46. The van der Waals surface area contributed by atoms with Gasteiger partial charge in [-0.15, -0.1) is 0 Å². The van der Waals surface area contributed by atoms with Crippen LogP contribution in [-0.4, -0.2) is 20.2 Å². The first-order valence-corrected chi connectivity index (χ1v) is 6.46. The second kappa shape index (κ2) is 4.59. The molecule has 1 aliphatic heterocycles. The van der Waals surface area contributed by atoms with E-state index in [1.54, 1.807) is 7.11 Å². The molecule has 0 radical (unpaired) electrons. The van der Waals surface area contributed by atoms with Crippen molar-refractivity contribution in [2.45, 2.75) is 39.0 Å². The Morgan fingerprint density at radius 3 is 2.29 bits per heavy atom. The van der Waals surface area contributed by atoms with Gasteiger partial charge in [-0.3, -0.25) is 0 Å². The van der Waals surface area contributed by atoms with E-state index in [4.69, 9.17) is 4.74 Å². The molecule has 1 saturated heterocycles. The lowest BCUT2D eigenvalue weighted by molar-refractivity contribution is 0.398. The zero-order chi connectivity index (χ0) is 12.5. The van der Waals surface area contributed by atoms with E-state index in [1.165, 1.54) is 24.1 Å². The highest BCUT2D eigenvalue weighted by atomic mass is 16.5. The quantitative estimate of drug-likeness (QED) is 0.774. The number of ether oxygens (including phenoxy) is 1. The van der Waals surface area contributed by atoms with Crippen LogP contribution in [0.15, 0.2) is 18.2 Å². The summed E-state index contributed by atoms with van der Waals surface area (Å²) in [5, 5.41) is 0. The third-order valence-corrected chi connectivity index (χ3v) is 3.45. The van der Waals surface area contributed by atoms with Crippen molar-refractivity contribution in [3.63, 3.8) is 0 Å². The van der Waals surface area contributed by atoms with E-state index in [1.807, 2.05) is 0 Å². The zero-order valence-corrected chi connectivity index (χ0v) is 11.4. The van der Waals surface area contributed by atoms with Gasteiger partial charge in [0.15, 0.2) is 0 Å². The SMILES string of the molecule is COc1c(N2CCCC2)cccc1C(C)(C)C. The van der Waals surface area contributed by atoms with E-state index in [0.717, 1.165) is 18.8 Å². The van der Waals surface area contributed by atoms with Crippen molar-refractivity contribution in [2.24, 2.45) is 0 Å². The molecular weight excluding hydrogens is 210 g/mol. The summed E-state index contributed by atoms with van der Waals surface area (Å²) in [6.07, 6.45) is 2.59. The van der Waals surface area contributed by atoms with Crippen LogP contribution in [-0.2, 0) is 5.41 Å². The van der Waals surface area contributed by atoms with Gasteiger partial charge in [-0.25, -0.2) is 0 Å². The lowest BCUT2D eigenvalue weighted by atomic mass is 9.86. The topological polar surface area (TPSA) is 12.5 Å². The molecule has 1 heterocycles. The van der Waals surface area contributed by atoms with Gasteiger partial charge in [-0.1, -0.05) is 32.9 Å². The van der Waals surface area contributed by atoms with E-state index in [2.05, 4.69) is 43.9 Å². The van der Waals surface area contributed by atoms with Gasteiger partial charge in [0.1, 0.15) is 5.75 Å². The summed E-state index contributed by atoms with van der Waals surface area (Å²) < 4.78 is 5.67. The van der Waals surface area contributed by atoms with Gasteiger partial charge in [-0.2, -0.15) is 0 Å². The smallest absolute Gasteiger partial charge is 0.145 e. The molecule has 0 aromatic heterocycles. The minimum atomic E-state index is 0.126. The highest BCUT2D eigenvalue weighted by molar-refractivity contribution is 5.63. The summed E-state index contributed by atoms with van der Waals surface area (Å²) in [6, 6.07) is 6.51. The molecule has 0 aliphatic carbocycles. The first kappa shape index (κ1) is 12.3. The molecule has 2 nitrogen and oxygen atoms in total. The number of anilines is 1. The Bertz CT molecular complexity index is 386. The molecule has 2 heteroatoms. The average molecular weight is 233 g/mol. The van der Waals surface area contributed by atoms with Crippen LogP contribution >= 0.6 is 0 Å². The van der Waals surface area contributed by atoms with E-state index < -0.39 is 0 Å². The van der Waals surface area contributed by atoms with Crippen LogP contribution in [0.5, 0.6) is 5.75 Å². The van der Waals surface area contributed by atoms with Gasteiger partial charge in [0.2, 0.25) is 0 Å². The molecule has 0 spiro atoms. The van der Waals surface area contributed by atoms with E-state index >= 15 is 0 Å². The fourth-order valence-electron chi connectivity index (χ4n) is 2.54. The minimum absolute atomic E-state index is 0.126. The van der Waals surface area contributed by atoms with Crippen LogP contribution < -0.4 is 9.64 Å². The number of methoxy groups -OCH3 is 1. The number of benzene rings is 1. The van der Waals surface area contributed by atoms with Crippen molar-refractivity contribution >= 4 is 5.69 Å². The van der Waals surface area contributed by atoms with Crippen molar-refractivity contribution in [1.29, 1.82) is 0 Å². The normalized spacial score (nSPS) is 16.4. The van der Waals surface area contributed by atoms with Crippen molar-refractivity contribution in [3.05, 3.63) is 23.8 Å². The lowest BCUT2D eigenvalue weighted by Gasteiger charge is -2.27. The molecular formula is C15H23NO. The third kappa shape index (κ3) is 2.41. The van der Waals surface area contributed by atoms with E-state index in [0.29, 0.717) is 0 Å². The Morgan fingerprint density at radius 2 is 1.76 bits per heavy atom. The number of para-hydroxylation sites is 1. The maximum absolute atomic E-state index is 5.67. The molecule has 17 heavy (non-hydrogen) atoms. The fourth-order valence-corrected chi connectivity index (χ4v) is 2.54. The molecule has 0 bridgehead atoms. The van der Waals surface area contributed by atoms with Crippen molar-refractivity contribution in [2.75, 3.05) is 25.1 Å². The van der Waals surface area contributed by atoms with Crippen LogP contribution in [0.2, 0.25) is 0 Å². The van der Waals surface area contributed by atoms with E-state index in [-0.39, 0.29) is 5.41 Å². The third-order valence-electron chi connectivity index (χ3n) is 3.45. The van der Waals surface area contributed by atoms with Gasteiger partial charge >= 0.3 is 0 Å². The summed E-state index contributed by atoms with van der Waals surface area (Å²) in [5.74, 6) is 1.06. The van der Waals surface area contributed by atoms with Crippen LogP contribution in [0.3, 0.4) is 0 Å². The number of hydrogen-bond donors (Lipinski definition) is 0. The van der Waals surface area contributed by atoms with Crippen LogP contribution in [0.4, 0.5) is 5.69 Å². The molecule has 0 saturated carbocycles. The predicted molar refractivity (Wildman–Crippen MR) is 73.1 cm³/mol. The minimum Gasteiger partial charge on any atom is -0.494 e. The Morgan fingerprint density at radius 1 is 1.12 bits per heavy atom.